The van der Waals surface area contributed by atoms with Gasteiger partial charge >= 0.3 is 5.97 Å². The molecule has 0 aliphatic carbocycles. The SMILES string of the molecule is Cc1c(N)c(C)c2c(c1CC[C@@H]1C[C@@H](O)CC(=O)O1)OC(C)(C)C2. The Morgan fingerprint density at radius 1 is 1.29 bits per heavy atom. The molecule has 132 valence electrons. The van der Waals surface area contributed by atoms with Crippen LogP contribution >= 0.6 is 0 Å². The van der Waals surface area contributed by atoms with Crippen molar-refractivity contribution >= 4 is 11.7 Å². The van der Waals surface area contributed by atoms with Crippen LogP contribution in [0.15, 0.2) is 0 Å². The summed E-state index contributed by atoms with van der Waals surface area (Å²) in [7, 11) is 0. The molecule has 1 saturated heterocycles. The topological polar surface area (TPSA) is 81.8 Å². The first-order valence-corrected chi connectivity index (χ1v) is 8.65. The van der Waals surface area contributed by atoms with Gasteiger partial charge in [-0.3, -0.25) is 4.79 Å². The lowest BCUT2D eigenvalue weighted by Gasteiger charge is -2.26. The van der Waals surface area contributed by atoms with Gasteiger partial charge in [0, 0.05) is 24.1 Å². The van der Waals surface area contributed by atoms with E-state index in [1.54, 1.807) is 0 Å². The van der Waals surface area contributed by atoms with Crippen molar-refractivity contribution in [2.24, 2.45) is 0 Å². The fourth-order valence-corrected chi connectivity index (χ4v) is 3.85. The number of ether oxygens (including phenoxy) is 2. The summed E-state index contributed by atoms with van der Waals surface area (Å²) in [6.45, 7) is 8.24. The predicted octanol–water partition coefficient (Wildman–Crippen LogP) is 2.60. The van der Waals surface area contributed by atoms with Crippen molar-refractivity contribution in [2.45, 2.75) is 77.6 Å². The van der Waals surface area contributed by atoms with Crippen molar-refractivity contribution in [3.8, 4) is 5.75 Å². The first-order valence-electron chi connectivity index (χ1n) is 8.65. The molecule has 0 bridgehead atoms. The Morgan fingerprint density at radius 2 is 2.00 bits per heavy atom. The van der Waals surface area contributed by atoms with Gasteiger partial charge in [0.1, 0.15) is 17.5 Å². The Kier molecular flexibility index (Phi) is 4.24. The summed E-state index contributed by atoms with van der Waals surface area (Å²) in [5, 5.41) is 9.76. The van der Waals surface area contributed by atoms with Crippen molar-refractivity contribution in [1.29, 1.82) is 0 Å². The van der Waals surface area contributed by atoms with Gasteiger partial charge in [-0.05, 0) is 57.2 Å². The minimum atomic E-state index is -0.596. The van der Waals surface area contributed by atoms with E-state index in [1.807, 2.05) is 6.92 Å². The number of benzene rings is 1. The van der Waals surface area contributed by atoms with E-state index in [1.165, 1.54) is 5.56 Å². The number of esters is 1. The Balaban J connectivity index is 1.85. The highest BCUT2D eigenvalue weighted by atomic mass is 16.5. The molecule has 2 aliphatic heterocycles. The summed E-state index contributed by atoms with van der Waals surface area (Å²) >= 11 is 0. The fraction of sp³-hybridized carbons (Fsp3) is 0.632. The van der Waals surface area contributed by atoms with E-state index in [0.29, 0.717) is 12.8 Å². The number of nitrogens with two attached hydrogens (primary N) is 1. The lowest BCUT2D eigenvalue weighted by atomic mass is 9.89. The highest BCUT2D eigenvalue weighted by Gasteiger charge is 2.35. The molecule has 2 aliphatic rings. The standard InChI is InChI=1S/C19H27NO4/c1-10-14(6-5-13-7-12(21)8-16(22)23-13)18-15(11(2)17(10)20)9-19(3,4)24-18/h12-13,21H,5-9,20H2,1-4H3/t12-,13-/m1/s1. The third-order valence-corrected chi connectivity index (χ3v) is 5.19. The fourth-order valence-electron chi connectivity index (χ4n) is 3.85. The summed E-state index contributed by atoms with van der Waals surface area (Å²) in [5.74, 6) is 0.633. The van der Waals surface area contributed by atoms with Gasteiger partial charge < -0.3 is 20.3 Å². The molecule has 0 radical (unpaired) electrons. The first-order chi connectivity index (χ1) is 11.2. The van der Waals surface area contributed by atoms with E-state index in [2.05, 4.69) is 20.8 Å². The number of aliphatic hydroxyl groups excluding tert-OH is 1. The zero-order valence-electron chi connectivity index (χ0n) is 14.9. The van der Waals surface area contributed by atoms with Crippen molar-refractivity contribution in [3.63, 3.8) is 0 Å². The monoisotopic (exact) mass is 333 g/mol. The van der Waals surface area contributed by atoms with Gasteiger partial charge in [0.05, 0.1) is 12.5 Å². The molecule has 1 aromatic carbocycles. The summed E-state index contributed by atoms with van der Waals surface area (Å²) in [4.78, 5) is 11.5. The average Bonchev–Trinajstić information content (AvgIpc) is 2.79. The van der Waals surface area contributed by atoms with Gasteiger partial charge in [-0.25, -0.2) is 0 Å². The van der Waals surface area contributed by atoms with E-state index in [0.717, 1.165) is 41.0 Å². The number of cyclic esters (lactones) is 1. The van der Waals surface area contributed by atoms with Crippen LogP contribution in [0.4, 0.5) is 5.69 Å². The molecule has 3 N–H and O–H groups in total. The number of hydrogen-bond acceptors (Lipinski definition) is 5. The van der Waals surface area contributed by atoms with Gasteiger partial charge in [-0.15, -0.1) is 0 Å². The Hall–Kier alpha value is -1.75. The third-order valence-electron chi connectivity index (χ3n) is 5.19. The van der Waals surface area contributed by atoms with Crippen LogP contribution in [0.2, 0.25) is 0 Å². The maximum absolute atomic E-state index is 11.5. The normalized spacial score (nSPS) is 25.1. The van der Waals surface area contributed by atoms with Crippen molar-refractivity contribution < 1.29 is 19.4 Å². The maximum Gasteiger partial charge on any atom is 0.308 e. The number of hydrogen-bond donors (Lipinski definition) is 2. The number of carbonyl (C=O) groups is 1. The highest BCUT2D eigenvalue weighted by molar-refractivity contribution is 5.71. The number of anilines is 1. The molecule has 5 heteroatoms. The molecule has 5 nitrogen and oxygen atoms in total. The molecule has 1 aromatic rings. The van der Waals surface area contributed by atoms with Crippen LogP contribution in [0.25, 0.3) is 0 Å². The molecule has 0 amide bonds. The second kappa shape index (κ2) is 5.96. The van der Waals surface area contributed by atoms with Crippen LogP contribution in [0.1, 0.15) is 55.4 Å². The molecule has 2 heterocycles. The Bertz CT molecular complexity index is 681. The van der Waals surface area contributed by atoms with Crippen LogP contribution in [0.5, 0.6) is 5.75 Å². The Morgan fingerprint density at radius 3 is 2.67 bits per heavy atom. The molecule has 0 aromatic heterocycles. The van der Waals surface area contributed by atoms with Crippen molar-refractivity contribution in [3.05, 3.63) is 22.3 Å². The zero-order chi connectivity index (χ0) is 17.6. The number of nitrogen functional groups attached to an aromatic ring is 1. The average molecular weight is 333 g/mol. The van der Waals surface area contributed by atoms with E-state index in [9.17, 15) is 9.90 Å². The molecule has 0 spiro atoms. The van der Waals surface area contributed by atoms with Crippen molar-refractivity contribution in [1.82, 2.24) is 0 Å². The molecular formula is C19H27NO4. The van der Waals surface area contributed by atoms with E-state index >= 15 is 0 Å². The molecule has 2 atom stereocenters. The predicted molar refractivity (Wildman–Crippen MR) is 92.2 cm³/mol. The summed E-state index contributed by atoms with van der Waals surface area (Å²) in [6, 6.07) is 0. The summed E-state index contributed by atoms with van der Waals surface area (Å²) in [5.41, 5.74) is 11.4. The minimum absolute atomic E-state index is 0.0969. The maximum atomic E-state index is 11.5. The number of aliphatic hydroxyl groups is 1. The third kappa shape index (κ3) is 3.09. The minimum Gasteiger partial charge on any atom is -0.487 e. The van der Waals surface area contributed by atoms with Crippen LogP contribution < -0.4 is 10.5 Å². The zero-order valence-corrected chi connectivity index (χ0v) is 14.9. The summed E-state index contributed by atoms with van der Waals surface area (Å²) < 4.78 is 11.6. The molecule has 24 heavy (non-hydrogen) atoms. The molecule has 3 rings (SSSR count). The van der Waals surface area contributed by atoms with Gasteiger partial charge in [0.15, 0.2) is 0 Å². The van der Waals surface area contributed by atoms with Gasteiger partial charge in [-0.2, -0.15) is 0 Å². The smallest absolute Gasteiger partial charge is 0.308 e. The molecule has 0 unspecified atom stereocenters. The van der Waals surface area contributed by atoms with Crippen molar-refractivity contribution in [2.75, 3.05) is 5.73 Å². The second-order valence-corrected chi connectivity index (χ2v) is 7.73. The van der Waals surface area contributed by atoms with Gasteiger partial charge in [-0.1, -0.05) is 0 Å². The quantitative estimate of drug-likeness (QED) is 0.656. The molecule has 1 fully saturated rings. The number of rotatable bonds is 3. The van der Waals surface area contributed by atoms with Crippen LogP contribution in [-0.4, -0.2) is 28.9 Å². The van der Waals surface area contributed by atoms with Crippen LogP contribution in [-0.2, 0) is 22.4 Å². The van der Waals surface area contributed by atoms with E-state index in [-0.39, 0.29) is 24.1 Å². The first kappa shape index (κ1) is 17.1. The lowest BCUT2D eigenvalue weighted by molar-refractivity contribution is -0.160. The highest BCUT2D eigenvalue weighted by Crippen LogP contribution is 2.44. The lowest BCUT2D eigenvalue weighted by Crippen LogP contribution is -2.32. The van der Waals surface area contributed by atoms with E-state index < -0.39 is 6.10 Å². The van der Waals surface area contributed by atoms with Gasteiger partial charge in [0.2, 0.25) is 0 Å². The summed E-state index contributed by atoms with van der Waals surface area (Å²) in [6.07, 6.45) is 2.00. The number of carbonyl (C=O) groups excluding carboxylic acids is 1. The Labute approximate surface area is 143 Å². The van der Waals surface area contributed by atoms with Crippen LogP contribution in [0.3, 0.4) is 0 Å². The number of fused-ring (bicyclic) bond motifs is 1. The molecular weight excluding hydrogens is 306 g/mol. The van der Waals surface area contributed by atoms with E-state index in [4.69, 9.17) is 15.2 Å². The second-order valence-electron chi connectivity index (χ2n) is 7.73. The van der Waals surface area contributed by atoms with Gasteiger partial charge in [0.25, 0.3) is 0 Å². The molecule has 0 saturated carbocycles. The largest absolute Gasteiger partial charge is 0.487 e. The van der Waals surface area contributed by atoms with Crippen LogP contribution in [0, 0.1) is 13.8 Å².